The fourth-order valence-electron chi connectivity index (χ4n) is 2.44. The molecule has 6 nitrogen and oxygen atoms in total. The SMILES string of the molecule is CC/C=C(/C)C(=O)N1CCC2(C1)NC(=O)NC2=O. The van der Waals surface area contributed by atoms with Gasteiger partial charge in [-0.25, -0.2) is 4.79 Å². The highest BCUT2D eigenvalue weighted by Gasteiger charge is 2.51. The van der Waals surface area contributed by atoms with E-state index in [1.54, 1.807) is 11.8 Å². The van der Waals surface area contributed by atoms with Crippen molar-refractivity contribution in [1.29, 1.82) is 0 Å². The van der Waals surface area contributed by atoms with Gasteiger partial charge in [-0.15, -0.1) is 0 Å². The first-order valence-electron chi connectivity index (χ1n) is 6.08. The van der Waals surface area contributed by atoms with Gasteiger partial charge in [-0.05, 0) is 19.8 Å². The zero-order valence-corrected chi connectivity index (χ0v) is 10.6. The molecule has 2 saturated heterocycles. The van der Waals surface area contributed by atoms with Gasteiger partial charge in [0.15, 0.2) is 0 Å². The van der Waals surface area contributed by atoms with Crippen molar-refractivity contribution < 1.29 is 14.4 Å². The number of rotatable bonds is 2. The molecule has 4 amide bonds. The molecule has 0 radical (unpaired) electrons. The summed E-state index contributed by atoms with van der Waals surface area (Å²) in [4.78, 5) is 36.6. The molecule has 2 aliphatic heterocycles. The predicted molar refractivity (Wildman–Crippen MR) is 64.7 cm³/mol. The molecule has 2 heterocycles. The van der Waals surface area contributed by atoms with Crippen LogP contribution in [0.4, 0.5) is 4.79 Å². The molecule has 2 aliphatic rings. The molecule has 6 heteroatoms. The van der Waals surface area contributed by atoms with Gasteiger partial charge >= 0.3 is 6.03 Å². The van der Waals surface area contributed by atoms with E-state index in [1.165, 1.54) is 0 Å². The summed E-state index contributed by atoms with van der Waals surface area (Å²) < 4.78 is 0. The number of hydrogen-bond donors (Lipinski definition) is 2. The number of nitrogens with one attached hydrogen (secondary N) is 2. The van der Waals surface area contributed by atoms with Crippen LogP contribution in [0.3, 0.4) is 0 Å². The predicted octanol–water partition coefficient (Wildman–Crippen LogP) is 0.153. The Labute approximate surface area is 105 Å². The number of likely N-dealkylation sites (tertiary alicyclic amines) is 1. The van der Waals surface area contributed by atoms with Gasteiger partial charge < -0.3 is 10.2 Å². The van der Waals surface area contributed by atoms with Crippen LogP contribution in [0.25, 0.3) is 0 Å². The minimum absolute atomic E-state index is 0.0670. The number of nitrogens with zero attached hydrogens (tertiary/aromatic N) is 1. The Balaban J connectivity index is 2.09. The van der Waals surface area contributed by atoms with Crippen LogP contribution in [-0.4, -0.2) is 41.4 Å². The van der Waals surface area contributed by atoms with Crippen LogP contribution in [0.1, 0.15) is 26.7 Å². The monoisotopic (exact) mass is 251 g/mol. The summed E-state index contributed by atoms with van der Waals surface area (Å²) >= 11 is 0. The van der Waals surface area contributed by atoms with Crippen LogP contribution in [0.2, 0.25) is 0 Å². The number of amides is 4. The molecule has 0 saturated carbocycles. The maximum absolute atomic E-state index is 12.1. The van der Waals surface area contributed by atoms with Crippen LogP contribution in [0.5, 0.6) is 0 Å². The number of urea groups is 1. The molecule has 1 atom stereocenters. The largest absolute Gasteiger partial charge is 0.336 e. The number of hydrogen-bond acceptors (Lipinski definition) is 3. The lowest BCUT2D eigenvalue weighted by Crippen LogP contribution is -2.49. The van der Waals surface area contributed by atoms with Crippen molar-refractivity contribution in [2.24, 2.45) is 0 Å². The van der Waals surface area contributed by atoms with Gasteiger partial charge in [-0.3, -0.25) is 14.9 Å². The van der Waals surface area contributed by atoms with E-state index in [2.05, 4.69) is 10.6 Å². The summed E-state index contributed by atoms with van der Waals surface area (Å²) in [6.45, 7) is 4.47. The van der Waals surface area contributed by atoms with Gasteiger partial charge in [0, 0.05) is 12.1 Å². The van der Waals surface area contributed by atoms with E-state index < -0.39 is 11.6 Å². The van der Waals surface area contributed by atoms with Gasteiger partial charge in [0.05, 0.1) is 6.54 Å². The lowest BCUT2D eigenvalue weighted by atomic mass is 9.99. The van der Waals surface area contributed by atoms with Crippen molar-refractivity contribution in [3.8, 4) is 0 Å². The second kappa shape index (κ2) is 4.44. The molecule has 2 N–H and O–H groups in total. The minimum Gasteiger partial charge on any atom is -0.336 e. The fourth-order valence-corrected chi connectivity index (χ4v) is 2.44. The van der Waals surface area contributed by atoms with Crippen LogP contribution >= 0.6 is 0 Å². The van der Waals surface area contributed by atoms with Crippen molar-refractivity contribution >= 4 is 17.8 Å². The summed E-state index contributed by atoms with van der Waals surface area (Å²) in [5.74, 6) is -0.400. The van der Waals surface area contributed by atoms with E-state index in [-0.39, 0.29) is 18.4 Å². The zero-order chi connectivity index (χ0) is 13.3. The van der Waals surface area contributed by atoms with Crippen molar-refractivity contribution in [3.05, 3.63) is 11.6 Å². The second-order valence-electron chi connectivity index (χ2n) is 4.76. The van der Waals surface area contributed by atoms with Gasteiger partial charge in [0.1, 0.15) is 5.54 Å². The molecule has 0 aromatic rings. The fraction of sp³-hybridized carbons (Fsp3) is 0.583. The third kappa shape index (κ3) is 1.98. The Bertz CT molecular complexity index is 444. The first-order valence-corrected chi connectivity index (χ1v) is 6.08. The maximum atomic E-state index is 12.1. The lowest BCUT2D eigenvalue weighted by molar-refractivity contribution is -0.127. The summed E-state index contributed by atoms with van der Waals surface area (Å²) in [6, 6.07) is -0.477. The molecule has 1 spiro atoms. The molecule has 0 bridgehead atoms. The lowest BCUT2D eigenvalue weighted by Gasteiger charge is -2.21. The van der Waals surface area contributed by atoms with E-state index >= 15 is 0 Å². The highest BCUT2D eigenvalue weighted by molar-refractivity contribution is 6.08. The van der Waals surface area contributed by atoms with Crippen molar-refractivity contribution in [3.63, 3.8) is 0 Å². The van der Waals surface area contributed by atoms with Gasteiger partial charge in [0.2, 0.25) is 5.91 Å². The molecule has 1 unspecified atom stereocenters. The third-order valence-corrected chi connectivity index (χ3v) is 3.42. The standard InChI is InChI=1S/C12H17N3O3/c1-3-4-8(2)9(16)15-6-5-12(7-15)10(17)13-11(18)14-12/h4H,3,5-7H2,1-2H3,(H2,13,14,17,18)/b8-4-. The van der Waals surface area contributed by atoms with Crippen LogP contribution < -0.4 is 10.6 Å². The van der Waals surface area contributed by atoms with Crippen LogP contribution in [0.15, 0.2) is 11.6 Å². The first kappa shape index (κ1) is 12.6. The van der Waals surface area contributed by atoms with E-state index in [0.717, 1.165) is 6.42 Å². The van der Waals surface area contributed by atoms with Crippen molar-refractivity contribution in [2.45, 2.75) is 32.2 Å². The quantitative estimate of drug-likeness (QED) is 0.542. The van der Waals surface area contributed by atoms with Gasteiger partial charge in [-0.2, -0.15) is 0 Å². The van der Waals surface area contributed by atoms with E-state index in [4.69, 9.17) is 0 Å². The molecule has 0 aromatic carbocycles. The zero-order valence-electron chi connectivity index (χ0n) is 10.6. The average Bonchev–Trinajstić information content (AvgIpc) is 2.84. The van der Waals surface area contributed by atoms with Gasteiger partial charge in [0.25, 0.3) is 5.91 Å². The number of allylic oxidation sites excluding steroid dienone is 1. The first-order chi connectivity index (χ1) is 8.48. The van der Waals surface area contributed by atoms with E-state index in [1.807, 2.05) is 13.0 Å². The molecule has 2 rings (SSSR count). The molecule has 0 aromatic heterocycles. The Morgan fingerprint density at radius 1 is 1.50 bits per heavy atom. The number of imide groups is 1. The smallest absolute Gasteiger partial charge is 0.322 e. The highest BCUT2D eigenvalue weighted by Crippen LogP contribution is 2.25. The molecule has 0 aliphatic carbocycles. The van der Waals surface area contributed by atoms with Crippen molar-refractivity contribution in [1.82, 2.24) is 15.5 Å². The topological polar surface area (TPSA) is 78.5 Å². The second-order valence-corrected chi connectivity index (χ2v) is 4.76. The number of carbonyl (C=O) groups is 3. The summed E-state index contributed by atoms with van der Waals surface area (Å²) in [5, 5.41) is 4.84. The van der Waals surface area contributed by atoms with Gasteiger partial charge in [-0.1, -0.05) is 13.0 Å². The van der Waals surface area contributed by atoms with Crippen molar-refractivity contribution in [2.75, 3.05) is 13.1 Å². The summed E-state index contributed by atoms with van der Waals surface area (Å²) in [6.07, 6.45) is 3.13. The normalized spacial score (nSPS) is 27.7. The Morgan fingerprint density at radius 3 is 2.78 bits per heavy atom. The van der Waals surface area contributed by atoms with Crippen LogP contribution in [0, 0.1) is 0 Å². The van der Waals surface area contributed by atoms with E-state index in [0.29, 0.717) is 18.5 Å². The summed E-state index contributed by atoms with van der Waals surface area (Å²) in [5.41, 5.74) is -0.238. The highest BCUT2D eigenvalue weighted by atomic mass is 16.2. The molecule has 98 valence electrons. The maximum Gasteiger partial charge on any atom is 0.322 e. The average molecular weight is 251 g/mol. The number of carbonyl (C=O) groups excluding carboxylic acids is 3. The van der Waals surface area contributed by atoms with E-state index in [9.17, 15) is 14.4 Å². The molecular weight excluding hydrogens is 234 g/mol. The minimum atomic E-state index is -0.917. The Kier molecular flexibility index (Phi) is 3.11. The molecule has 2 fully saturated rings. The Hall–Kier alpha value is -1.85. The van der Waals surface area contributed by atoms with Crippen LogP contribution in [-0.2, 0) is 9.59 Å². The summed E-state index contributed by atoms with van der Waals surface area (Å²) in [7, 11) is 0. The molecule has 18 heavy (non-hydrogen) atoms. The molecular formula is C12H17N3O3. The Morgan fingerprint density at radius 2 is 2.22 bits per heavy atom. The third-order valence-electron chi connectivity index (χ3n) is 3.42.